The van der Waals surface area contributed by atoms with Gasteiger partial charge in [-0.3, -0.25) is 14.8 Å². The molecule has 3 aliphatic rings. The lowest BCUT2D eigenvalue weighted by Crippen LogP contribution is -2.47. The summed E-state index contributed by atoms with van der Waals surface area (Å²) in [4.78, 5) is 15.1. The topological polar surface area (TPSA) is 73.5 Å². The lowest BCUT2D eigenvalue weighted by Gasteiger charge is -2.42. The Balaban J connectivity index is 1.20. The van der Waals surface area contributed by atoms with Gasteiger partial charge in [-0.15, -0.1) is 0 Å². The van der Waals surface area contributed by atoms with E-state index in [4.69, 9.17) is 4.74 Å². The minimum Gasteiger partial charge on any atom is -0.491 e. The Kier molecular flexibility index (Phi) is 7.93. The van der Waals surface area contributed by atoms with Gasteiger partial charge in [0.1, 0.15) is 24.0 Å². The lowest BCUT2D eigenvalue weighted by molar-refractivity contribution is -0.155. The molecule has 2 aliphatic heterocycles. The number of H-pyrrole nitrogens is 1. The smallest absolute Gasteiger partial charge is 0.401 e. The quantitative estimate of drug-likeness (QED) is 0.253. The van der Waals surface area contributed by atoms with Gasteiger partial charge in [-0.1, -0.05) is 12.1 Å². The number of nitrogens with one attached hydrogen (secondary N) is 2. The second kappa shape index (κ2) is 11.5. The van der Waals surface area contributed by atoms with Gasteiger partial charge in [0.05, 0.1) is 29.8 Å². The van der Waals surface area contributed by atoms with Gasteiger partial charge in [0, 0.05) is 54.8 Å². The first-order valence-electron chi connectivity index (χ1n) is 14.6. The van der Waals surface area contributed by atoms with E-state index in [0.29, 0.717) is 17.6 Å². The van der Waals surface area contributed by atoms with Gasteiger partial charge >= 0.3 is 6.18 Å². The Bertz CT molecular complexity index is 1500. The minimum absolute atomic E-state index is 0.00981. The third-order valence-corrected chi connectivity index (χ3v) is 8.79. The maximum Gasteiger partial charge on any atom is 0.401 e. The van der Waals surface area contributed by atoms with E-state index >= 15 is 8.78 Å². The second-order valence-electron chi connectivity index (χ2n) is 11.9. The van der Waals surface area contributed by atoms with Gasteiger partial charge < -0.3 is 15.0 Å². The molecule has 12 heteroatoms. The van der Waals surface area contributed by atoms with Gasteiger partial charge in [0.25, 0.3) is 0 Å². The summed E-state index contributed by atoms with van der Waals surface area (Å²) in [6.45, 7) is 2.48. The van der Waals surface area contributed by atoms with Crippen LogP contribution in [0.4, 0.5) is 22.0 Å². The summed E-state index contributed by atoms with van der Waals surface area (Å²) in [6, 6.07) is 3.45. The monoisotopic (exact) mass is 603 g/mol. The maximum atomic E-state index is 15.8. The standard InChI is InChI=1S/C31H34F5N5O2/c1-19-13-22-21(6-7-26-23(22)16-38-39-26)29(41(19)17-31(34,35)36)28-24(32)14-20(15-25(28)33)43-18-30(8-9-30)37-10-4-5-27(42)40-11-2-3-12-40/h4-7,14-16,19,29,37H,2-3,8-13,17-18H2,1H3,(H,38,39)/b5-4+/t19-,29+/m1/s1. The molecule has 2 fully saturated rings. The fourth-order valence-corrected chi connectivity index (χ4v) is 6.33. The van der Waals surface area contributed by atoms with Crippen molar-refractivity contribution in [2.75, 3.05) is 32.8 Å². The Morgan fingerprint density at radius 2 is 1.91 bits per heavy atom. The van der Waals surface area contributed by atoms with Crippen molar-refractivity contribution >= 4 is 16.8 Å². The largest absolute Gasteiger partial charge is 0.491 e. The normalized spacial score (nSPS) is 22.0. The van der Waals surface area contributed by atoms with Crippen LogP contribution in [0, 0.1) is 11.6 Å². The third kappa shape index (κ3) is 6.26. The lowest BCUT2D eigenvalue weighted by atomic mass is 9.83. The van der Waals surface area contributed by atoms with Crippen LogP contribution in [0.1, 0.15) is 55.3 Å². The third-order valence-electron chi connectivity index (χ3n) is 8.79. The molecule has 2 aromatic carbocycles. The van der Waals surface area contributed by atoms with Crippen LogP contribution in [0.15, 0.2) is 42.6 Å². The van der Waals surface area contributed by atoms with E-state index in [-0.39, 0.29) is 30.2 Å². The molecule has 230 valence electrons. The number of alkyl halides is 3. The molecular formula is C31H34F5N5O2. The van der Waals surface area contributed by atoms with Crippen molar-refractivity contribution in [3.63, 3.8) is 0 Å². The van der Waals surface area contributed by atoms with Gasteiger partial charge in [0.2, 0.25) is 5.91 Å². The van der Waals surface area contributed by atoms with Gasteiger partial charge in [-0.2, -0.15) is 18.3 Å². The number of carbonyl (C=O) groups is 1. The number of likely N-dealkylation sites (tertiary alicyclic amines) is 1. The maximum absolute atomic E-state index is 15.8. The van der Waals surface area contributed by atoms with E-state index in [1.807, 2.05) is 4.90 Å². The predicted molar refractivity (Wildman–Crippen MR) is 151 cm³/mol. The fraction of sp³-hybridized carbons (Fsp3) is 0.484. The summed E-state index contributed by atoms with van der Waals surface area (Å²) in [5.74, 6) is -1.99. The first-order chi connectivity index (χ1) is 20.5. The van der Waals surface area contributed by atoms with E-state index in [2.05, 4.69) is 15.5 Å². The molecule has 6 rings (SSSR count). The van der Waals surface area contributed by atoms with Crippen LogP contribution in [0.3, 0.4) is 0 Å². The predicted octanol–water partition coefficient (Wildman–Crippen LogP) is 5.42. The fourth-order valence-electron chi connectivity index (χ4n) is 6.33. The minimum atomic E-state index is -4.57. The molecule has 3 heterocycles. The van der Waals surface area contributed by atoms with Crippen LogP contribution in [0.25, 0.3) is 10.9 Å². The Hall–Kier alpha value is -3.51. The molecule has 43 heavy (non-hydrogen) atoms. The summed E-state index contributed by atoms with van der Waals surface area (Å²) >= 11 is 0. The average molecular weight is 604 g/mol. The van der Waals surface area contributed by atoms with E-state index in [1.165, 1.54) is 0 Å². The number of halogens is 5. The second-order valence-corrected chi connectivity index (χ2v) is 11.9. The first-order valence-corrected chi connectivity index (χ1v) is 14.6. The van der Waals surface area contributed by atoms with E-state index < -0.39 is 42.0 Å². The zero-order chi connectivity index (χ0) is 30.4. The number of hydrogen-bond acceptors (Lipinski definition) is 5. The molecule has 3 aromatic rings. The zero-order valence-corrected chi connectivity index (χ0v) is 23.8. The molecule has 1 saturated heterocycles. The van der Waals surface area contributed by atoms with Crippen molar-refractivity contribution in [3.05, 3.63) is 70.9 Å². The highest BCUT2D eigenvalue weighted by Crippen LogP contribution is 2.44. The van der Waals surface area contributed by atoms with Crippen molar-refractivity contribution < 1.29 is 31.5 Å². The number of rotatable bonds is 9. The summed E-state index contributed by atoms with van der Waals surface area (Å²) in [7, 11) is 0. The van der Waals surface area contributed by atoms with Crippen molar-refractivity contribution in [1.29, 1.82) is 0 Å². The molecular weight excluding hydrogens is 569 g/mol. The van der Waals surface area contributed by atoms with Gasteiger partial charge in [-0.05, 0) is 56.2 Å². The number of ether oxygens (including phenoxy) is 1. The molecule has 2 N–H and O–H groups in total. The van der Waals surface area contributed by atoms with Crippen LogP contribution in [0.2, 0.25) is 0 Å². The molecule has 0 radical (unpaired) electrons. The molecule has 0 bridgehead atoms. The highest BCUT2D eigenvalue weighted by Gasteiger charge is 2.44. The Morgan fingerprint density at radius 1 is 1.19 bits per heavy atom. The molecule has 1 aromatic heterocycles. The van der Waals surface area contributed by atoms with Crippen LogP contribution in [0.5, 0.6) is 5.75 Å². The molecule has 1 saturated carbocycles. The number of benzene rings is 2. The number of hydrogen-bond donors (Lipinski definition) is 2. The number of aromatic nitrogens is 2. The molecule has 2 atom stereocenters. The molecule has 1 aliphatic carbocycles. The molecule has 0 unspecified atom stereocenters. The van der Waals surface area contributed by atoms with E-state index in [9.17, 15) is 18.0 Å². The average Bonchev–Trinajstić information content (AvgIpc) is 3.30. The Morgan fingerprint density at radius 3 is 2.58 bits per heavy atom. The molecule has 7 nitrogen and oxygen atoms in total. The number of nitrogens with zero attached hydrogens (tertiary/aromatic N) is 3. The number of aromatic amines is 1. The van der Waals surface area contributed by atoms with Crippen LogP contribution < -0.4 is 10.1 Å². The van der Waals surface area contributed by atoms with Gasteiger partial charge in [0.15, 0.2) is 0 Å². The first kappa shape index (κ1) is 29.6. The van der Waals surface area contributed by atoms with E-state index in [0.717, 1.165) is 66.8 Å². The number of amides is 1. The van der Waals surface area contributed by atoms with Crippen LogP contribution in [-0.2, 0) is 11.2 Å². The highest BCUT2D eigenvalue weighted by atomic mass is 19.4. The van der Waals surface area contributed by atoms with Crippen LogP contribution >= 0.6 is 0 Å². The number of carbonyl (C=O) groups excluding carboxylic acids is 1. The molecule has 0 spiro atoms. The summed E-state index contributed by atoms with van der Waals surface area (Å²) in [5, 5.41) is 11.0. The summed E-state index contributed by atoms with van der Waals surface area (Å²) in [6.07, 6.45) is 4.27. The SMILES string of the molecule is C[C@@H]1Cc2c(ccc3[nH]ncc23)[C@@H](c2c(F)cc(OCC3(NC/C=C/C(=O)N4CCCC4)CC3)cc2F)N1CC(F)(F)F. The van der Waals surface area contributed by atoms with E-state index in [1.54, 1.807) is 37.4 Å². The van der Waals surface area contributed by atoms with Crippen molar-refractivity contribution in [2.24, 2.45) is 0 Å². The number of fused-ring (bicyclic) bond motifs is 3. The van der Waals surface area contributed by atoms with Crippen molar-refractivity contribution in [3.8, 4) is 5.75 Å². The van der Waals surface area contributed by atoms with Crippen molar-refractivity contribution in [2.45, 2.75) is 62.8 Å². The van der Waals surface area contributed by atoms with Crippen LogP contribution in [-0.4, -0.2) is 76.4 Å². The highest BCUT2D eigenvalue weighted by molar-refractivity contribution is 5.87. The zero-order valence-electron chi connectivity index (χ0n) is 23.8. The van der Waals surface area contributed by atoms with Crippen molar-refractivity contribution in [1.82, 2.24) is 25.3 Å². The summed E-state index contributed by atoms with van der Waals surface area (Å²) in [5.41, 5.74) is 1.03. The molecule has 1 amide bonds. The van der Waals surface area contributed by atoms with Gasteiger partial charge in [-0.25, -0.2) is 8.78 Å². The summed E-state index contributed by atoms with van der Waals surface area (Å²) < 4.78 is 78.4. The Labute approximate surface area is 246 Å².